The van der Waals surface area contributed by atoms with Crippen LogP contribution in [-0.2, 0) is 8.41 Å². The zero-order valence-electron chi connectivity index (χ0n) is 4.12. The zero-order valence-corrected chi connectivity index (χ0v) is 7.57. The van der Waals surface area contributed by atoms with Crippen molar-refractivity contribution in [2.75, 3.05) is 13.3 Å². The average Bonchev–Trinajstić information content (AvgIpc) is 1.27. The van der Waals surface area contributed by atoms with Gasteiger partial charge in [0.05, 0.1) is 0 Å². The molecule has 0 aromatic carbocycles. The van der Waals surface area contributed by atoms with E-state index in [1.54, 1.807) is 0 Å². The van der Waals surface area contributed by atoms with Gasteiger partial charge in [0.15, 0.2) is 0 Å². The van der Waals surface area contributed by atoms with Gasteiger partial charge in [0, 0.05) is 0 Å². The van der Waals surface area contributed by atoms with E-state index in [0.29, 0.717) is 0 Å². The molecule has 42 valence electrons. The standard InChI is InChI=1S/C2H6O3P.Sb/c1-6(2,3,4)5;/h1-2H3;/q-3;+3. The van der Waals surface area contributed by atoms with Gasteiger partial charge in [0.25, 0.3) is 0 Å². The van der Waals surface area contributed by atoms with Crippen molar-refractivity contribution >= 4 is 28.8 Å². The van der Waals surface area contributed by atoms with Crippen molar-refractivity contribution in [2.24, 2.45) is 0 Å². The molecule has 0 amide bonds. The van der Waals surface area contributed by atoms with Crippen molar-refractivity contribution in [1.82, 2.24) is 0 Å². The number of hydrogen-bond donors (Lipinski definition) is 0. The summed E-state index contributed by atoms with van der Waals surface area (Å²) in [5, 5.41) is 0. The van der Waals surface area contributed by atoms with Gasteiger partial charge in [-0.05, 0) is 0 Å². The summed E-state index contributed by atoms with van der Waals surface area (Å²) in [6.45, 7) is 3.85. The molecule has 3 heterocycles. The molecule has 0 aromatic heterocycles. The van der Waals surface area contributed by atoms with Crippen molar-refractivity contribution in [3.63, 3.8) is 0 Å². The van der Waals surface area contributed by atoms with E-state index in [2.05, 4.69) is 0 Å². The van der Waals surface area contributed by atoms with Crippen LogP contribution < -0.4 is 0 Å². The van der Waals surface area contributed by atoms with Crippen LogP contribution in [0.25, 0.3) is 0 Å². The molecule has 3 nitrogen and oxygen atoms in total. The summed E-state index contributed by atoms with van der Waals surface area (Å²) in [6, 6.07) is 0. The number of rotatable bonds is 0. The zero-order chi connectivity index (χ0) is 5.15. The van der Waals surface area contributed by atoms with Gasteiger partial charge in [-0.15, -0.1) is 0 Å². The van der Waals surface area contributed by atoms with Crippen LogP contribution >= 0.6 is 7.28 Å². The minimum atomic E-state index is -2.17. The maximum absolute atomic E-state index is 5.27. The van der Waals surface area contributed by atoms with Crippen molar-refractivity contribution in [2.45, 2.75) is 0 Å². The summed E-state index contributed by atoms with van der Waals surface area (Å²) in [5.74, 6) is 0. The molecule has 0 unspecified atom stereocenters. The van der Waals surface area contributed by atoms with Gasteiger partial charge in [0.1, 0.15) is 0 Å². The second-order valence-corrected chi connectivity index (χ2v) is 11.7. The van der Waals surface area contributed by atoms with Crippen LogP contribution in [0.2, 0.25) is 0 Å². The first kappa shape index (κ1) is 4.96. The third-order valence-electron chi connectivity index (χ3n) is 0.890. The van der Waals surface area contributed by atoms with Crippen LogP contribution in [0.4, 0.5) is 0 Å². The molecule has 3 rings (SSSR count). The second kappa shape index (κ2) is 0.912. The Labute approximate surface area is 50.8 Å². The van der Waals surface area contributed by atoms with E-state index >= 15 is 0 Å². The van der Waals surface area contributed by atoms with Gasteiger partial charge < -0.3 is 0 Å². The molecule has 0 spiro atoms. The predicted octanol–water partition coefficient (Wildman–Crippen LogP) is 0.606. The van der Waals surface area contributed by atoms with E-state index < -0.39 is 28.8 Å². The summed E-state index contributed by atoms with van der Waals surface area (Å²) < 4.78 is 15.8. The van der Waals surface area contributed by atoms with Gasteiger partial charge in [0.2, 0.25) is 0 Å². The van der Waals surface area contributed by atoms with Crippen LogP contribution in [0, 0.1) is 0 Å². The molecule has 3 saturated heterocycles. The Kier molecular flexibility index (Phi) is 0.646. The molecular formula is C2H6O3PSb. The first-order chi connectivity index (χ1) is 3.07. The second-order valence-electron chi connectivity index (χ2n) is 2.23. The fourth-order valence-corrected chi connectivity index (χ4v) is 11.7. The van der Waals surface area contributed by atoms with E-state index in [-0.39, 0.29) is 0 Å². The number of hydrogen-bond acceptors (Lipinski definition) is 3. The van der Waals surface area contributed by atoms with Crippen LogP contribution in [0.3, 0.4) is 0 Å². The van der Waals surface area contributed by atoms with Crippen molar-refractivity contribution in [3.05, 3.63) is 0 Å². The molecule has 0 atom stereocenters. The monoisotopic (exact) mass is 230 g/mol. The van der Waals surface area contributed by atoms with Gasteiger partial charge in [-0.3, -0.25) is 0 Å². The summed E-state index contributed by atoms with van der Waals surface area (Å²) in [5.41, 5.74) is 0. The van der Waals surface area contributed by atoms with Crippen LogP contribution in [0.1, 0.15) is 0 Å². The molecular weight excluding hydrogens is 225 g/mol. The van der Waals surface area contributed by atoms with Crippen molar-refractivity contribution in [1.29, 1.82) is 0 Å². The average molecular weight is 231 g/mol. The Hall–Kier alpha value is 1.13. The first-order valence-corrected chi connectivity index (χ1v) is 8.00. The van der Waals surface area contributed by atoms with E-state index in [4.69, 9.17) is 8.41 Å². The summed E-state index contributed by atoms with van der Waals surface area (Å²) >= 11 is -1.75. The van der Waals surface area contributed by atoms with E-state index in [1.807, 2.05) is 13.3 Å². The van der Waals surface area contributed by atoms with Crippen LogP contribution in [-0.4, -0.2) is 34.8 Å². The Bertz CT molecular complexity index is 111. The van der Waals surface area contributed by atoms with E-state index in [9.17, 15) is 0 Å². The van der Waals surface area contributed by atoms with Crippen molar-refractivity contribution in [3.8, 4) is 0 Å². The molecule has 2 bridgehead atoms. The van der Waals surface area contributed by atoms with Crippen LogP contribution in [0.15, 0.2) is 0 Å². The molecule has 0 aliphatic carbocycles. The summed E-state index contributed by atoms with van der Waals surface area (Å²) in [4.78, 5) is 0. The summed E-state index contributed by atoms with van der Waals surface area (Å²) in [6.07, 6.45) is 0. The fourth-order valence-electron chi connectivity index (χ4n) is 0.582. The molecule has 3 aliphatic heterocycles. The van der Waals surface area contributed by atoms with Gasteiger partial charge in [-0.1, -0.05) is 0 Å². The third kappa shape index (κ3) is 0.512. The SMILES string of the molecule is CP12(C)[O][Sb]([O]1)[O]2. The predicted molar refractivity (Wildman–Crippen MR) is 27.8 cm³/mol. The molecule has 7 heavy (non-hydrogen) atoms. The molecule has 0 saturated carbocycles. The minimum absolute atomic E-state index is 1.75. The summed E-state index contributed by atoms with van der Waals surface area (Å²) in [7, 11) is -2.17. The normalized spacial score (nSPS) is 47.4. The maximum atomic E-state index is 5.27. The van der Waals surface area contributed by atoms with E-state index in [0.717, 1.165) is 0 Å². The third-order valence-corrected chi connectivity index (χ3v) is 17.9. The van der Waals surface area contributed by atoms with Gasteiger partial charge in [-0.25, -0.2) is 0 Å². The Morgan fingerprint density at radius 2 is 1.43 bits per heavy atom. The Balaban J connectivity index is 2.30. The molecule has 3 aliphatic rings. The van der Waals surface area contributed by atoms with Gasteiger partial charge >= 0.3 is 50.5 Å². The molecule has 5 heteroatoms. The molecule has 3 fully saturated rings. The van der Waals surface area contributed by atoms with Gasteiger partial charge in [-0.2, -0.15) is 0 Å². The van der Waals surface area contributed by atoms with Crippen molar-refractivity contribution < 1.29 is 8.41 Å². The van der Waals surface area contributed by atoms with Crippen LogP contribution in [0.5, 0.6) is 0 Å². The topological polar surface area (TPSA) is 27.7 Å². The first-order valence-electron chi connectivity index (χ1n) is 1.99. The molecule has 0 N–H and O–H groups in total. The molecule has 0 aromatic rings. The quantitative estimate of drug-likeness (QED) is 0.451. The Morgan fingerprint density at radius 1 is 1.14 bits per heavy atom. The Morgan fingerprint density at radius 3 is 1.43 bits per heavy atom. The fraction of sp³-hybridized carbons (Fsp3) is 1.00. The molecule has 0 radical (unpaired) electrons. The van der Waals surface area contributed by atoms with E-state index in [1.165, 1.54) is 0 Å².